The number of cyclic esters (lactones) is 1. The van der Waals surface area contributed by atoms with Crippen molar-refractivity contribution >= 4 is 17.8 Å². The second-order valence-electron chi connectivity index (χ2n) is 8.70. The summed E-state index contributed by atoms with van der Waals surface area (Å²) in [7, 11) is 0. The smallest absolute Gasteiger partial charge is 0.342 e. The number of benzene rings is 1. The van der Waals surface area contributed by atoms with E-state index in [-0.39, 0.29) is 41.5 Å². The van der Waals surface area contributed by atoms with Gasteiger partial charge in [-0.1, -0.05) is 43.4 Å². The number of ether oxygens (including phenoxy) is 3. The second kappa shape index (κ2) is 12.9. The molecule has 0 aliphatic carbocycles. The lowest BCUT2D eigenvalue weighted by Gasteiger charge is -2.37. The van der Waals surface area contributed by atoms with Crippen LogP contribution in [-0.2, 0) is 30.2 Å². The number of fused-ring (bicyclic) bond motifs is 3. The maximum Gasteiger partial charge on any atom is 0.342 e. The molecular weight excluding hydrogens is 450 g/mol. The van der Waals surface area contributed by atoms with Gasteiger partial charge in [0, 0.05) is 44.9 Å². The molecule has 0 radical (unpaired) electrons. The Bertz CT molecular complexity index is 997. The number of carbonyl (C=O) groups is 3. The number of carbonyl (C=O) groups excluding carboxylic acids is 3. The number of hydrogen-bond acceptors (Lipinski definition) is 7. The van der Waals surface area contributed by atoms with E-state index in [2.05, 4.69) is 5.32 Å². The highest BCUT2D eigenvalue weighted by molar-refractivity contribution is 5.94. The molecule has 1 saturated heterocycles. The molecule has 8 nitrogen and oxygen atoms in total. The number of rotatable bonds is 7. The fourth-order valence-electron chi connectivity index (χ4n) is 4.38. The number of phenols is 1. The summed E-state index contributed by atoms with van der Waals surface area (Å²) >= 11 is 0. The molecule has 2 aliphatic heterocycles. The van der Waals surface area contributed by atoms with Crippen molar-refractivity contribution < 1.29 is 33.7 Å². The number of hydrogen-bond donors (Lipinski definition) is 2. The minimum Gasteiger partial charge on any atom is -0.507 e. The third kappa shape index (κ3) is 8.10. The van der Waals surface area contributed by atoms with Crippen LogP contribution in [0.3, 0.4) is 0 Å². The molecule has 1 aromatic carbocycles. The van der Waals surface area contributed by atoms with Gasteiger partial charge in [0.1, 0.15) is 23.5 Å². The van der Waals surface area contributed by atoms with Gasteiger partial charge in [0.25, 0.3) is 0 Å². The van der Waals surface area contributed by atoms with Crippen molar-refractivity contribution in [2.75, 3.05) is 0 Å². The zero-order valence-corrected chi connectivity index (χ0v) is 20.1. The highest BCUT2D eigenvalue weighted by Gasteiger charge is 2.36. The predicted octanol–water partition coefficient (Wildman–Crippen LogP) is 3.89. The van der Waals surface area contributed by atoms with Crippen LogP contribution in [-0.4, -0.2) is 47.4 Å². The number of esters is 2. The topological polar surface area (TPSA) is 111 Å². The summed E-state index contributed by atoms with van der Waals surface area (Å²) in [6.07, 6.45) is 11.7. The average Bonchev–Trinajstić information content (AvgIpc) is 2.78. The summed E-state index contributed by atoms with van der Waals surface area (Å²) in [5.74, 6) is -1.36. The van der Waals surface area contributed by atoms with E-state index in [0.29, 0.717) is 37.7 Å². The first-order valence-corrected chi connectivity index (χ1v) is 12.0. The summed E-state index contributed by atoms with van der Waals surface area (Å²) in [6, 6.07) is 4.89. The molecule has 0 saturated carbocycles. The Balaban J connectivity index is 1.74. The molecule has 2 heterocycles. The quantitative estimate of drug-likeness (QED) is 0.344. The molecule has 4 atom stereocenters. The van der Waals surface area contributed by atoms with E-state index in [4.69, 9.17) is 14.2 Å². The summed E-state index contributed by atoms with van der Waals surface area (Å²) < 4.78 is 17.5. The van der Waals surface area contributed by atoms with Crippen LogP contribution in [0.5, 0.6) is 5.75 Å². The lowest BCUT2D eigenvalue weighted by atomic mass is 9.91. The zero-order chi connectivity index (χ0) is 25.2. The van der Waals surface area contributed by atoms with E-state index in [1.54, 1.807) is 30.4 Å². The van der Waals surface area contributed by atoms with Gasteiger partial charge in [0.2, 0.25) is 5.91 Å². The van der Waals surface area contributed by atoms with Crippen LogP contribution < -0.4 is 5.32 Å². The van der Waals surface area contributed by atoms with Crippen LogP contribution in [0, 0.1) is 0 Å². The van der Waals surface area contributed by atoms with E-state index in [9.17, 15) is 19.5 Å². The van der Waals surface area contributed by atoms with Crippen molar-refractivity contribution in [3.63, 3.8) is 0 Å². The molecule has 188 valence electrons. The Morgan fingerprint density at radius 3 is 2.74 bits per heavy atom. The fourth-order valence-corrected chi connectivity index (χ4v) is 4.38. The second-order valence-corrected chi connectivity index (χ2v) is 8.70. The minimum atomic E-state index is -0.595. The maximum absolute atomic E-state index is 13.0. The standard InChI is InChI=1S/C27H33NO7/c1-3-4-5-6-12-25(31)28-13-8-10-20-15-23-17-22(33-18(2)29)16-21(34-23)14-19-9-7-11-24(30)26(19)27(32)35-20/h4-9,11-13,20-23,30H,3,10,14-17H2,1-2H3,(H,28,31)/b5-4-,12-6-,13-8+/t20-,21+,22-,23+/m0/s1. The Hall–Kier alpha value is -3.39. The van der Waals surface area contributed by atoms with Crippen LogP contribution in [0.4, 0.5) is 0 Å². The Morgan fingerprint density at radius 2 is 1.97 bits per heavy atom. The number of allylic oxidation sites excluding steroid dienone is 3. The molecule has 0 unspecified atom stereocenters. The molecule has 0 spiro atoms. The molecule has 1 amide bonds. The summed E-state index contributed by atoms with van der Waals surface area (Å²) in [5.41, 5.74) is 0.742. The van der Waals surface area contributed by atoms with Crippen molar-refractivity contribution in [1.82, 2.24) is 5.32 Å². The first-order valence-electron chi connectivity index (χ1n) is 12.0. The maximum atomic E-state index is 13.0. The molecule has 2 bridgehead atoms. The van der Waals surface area contributed by atoms with Crippen LogP contribution in [0.2, 0.25) is 0 Å². The van der Waals surface area contributed by atoms with Crippen LogP contribution in [0.25, 0.3) is 0 Å². The van der Waals surface area contributed by atoms with Gasteiger partial charge in [-0.05, 0) is 24.5 Å². The SMILES string of the molecule is CC/C=C\C=C/C(=O)N/C=C/C[C@H]1C[C@@H]2C[C@@H](OC(C)=O)C[C@@H](Cc3cccc(O)c3C(=O)O1)O2. The third-order valence-electron chi connectivity index (χ3n) is 5.82. The van der Waals surface area contributed by atoms with Gasteiger partial charge < -0.3 is 24.6 Å². The van der Waals surface area contributed by atoms with Gasteiger partial charge in [0.15, 0.2) is 0 Å². The normalized spacial score (nSPS) is 24.8. The molecule has 1 fully saturated rings. The first-order chi connectivity index (χ1) is 16.9. The fraction of sp³-hybridized carbons (Fsp3) is 0.444. The van der Waals surface area contributed by atoms with Crippen molar-refractivity contribution in [2.24, 2.45) is 0 Å². The van der Waals surface area contributed by atoms with Crippen LogP contribution in [0.15, 0.2) is 54.8 Å². The van der Waals surface area contributed by atoms with Crippen molar-refractivity contribution in [1.29, 1.82) is 0 Å². The highest BCUT2D eigenvalue weighted by Crippen LogP contribution is 2.33. The van der Waals surface area contributed by atoms with Crippen LogP contribution >= 0.6 is 0 Å². The molecule has 2 aliphatic rings. The summed E-state index contributed by atoms with van der Waals surface area (Å²) in [4.78, 5) is 36.4. The lowest BCUT2D eigenvalue weighted by Crippen LogP contribution is -2.41. The molecule has 35 heavy (non-hydrogen) atoms. The number of phenolic OH excluding ortho intramolecular Hbond substituents is 1. The van der Waals surface area contributed by atoms with Crippen molar-refractivity contribution in [3.05, 3.63) is 65.9 Å². The van der Waals surface area contributed by atoms with Gasteiger partial charge in [-0.2, -0.15) is 0 Å². The van der Waals surface area contributed by atoms with E-state index in [1.807, 2.05) is 13.0 Å². The average molecular weight is 484 g/mol. The molecule has 8 heteroatoms. The Labute approximate surface area is 205 Å². The molecule has 2 N–H and O–H groups in total. The molecule has 1 aromatic rings. The van der Waals surface area contributed by atoms with E-state index < -0.39 is 12.1 Å². The Kier molecular flexibility index (Phi) is 9.66. The van der Waals surface area contributed by atoms with E-state index in [1.165, 1.54) is 25.3 Å². The van der Waals surface area contributed by atoms with Gasteiger partial charge in [-0.25, -0.2) is 4.79 Å². The van der Waals surface area contributed by atoms with Gasteiger partial charge in [-0.15, -0.1) is 0 Å². The summed E-state index contributed by atoms with van der Waals surface area (Å²) in [6.45, 7) is 3.39. The number of amides is 1. The van der Waals surface area contributed by atoms with Crippen LogP contribution in [0.1, 0.15) is 61.9 Å². The Morgan fingerprint density at radius 1 is 1.17 bits per heavy atom. The van der Waals surface area contributed by atoms with Gasteiger partial charge >= 0.3 is 11.9 Å². The number of nitrogens with one attached hydrogen (secondary N) is 1. The third-order valence-corrected chi connectivity index (χ3v) is 5.82. The van der Waals surface area contributed by atoms with Crippen molar-refractivity contribution in [2.45, 2.75) is 76.8 Å². The van der Waals surface area contributed by atoms with Gasteiger partial charge in [0.05, 0.1) is 12.2 Å². The first kappa shape index (κ1) is 26.2. The molecule has 0 aromatic heterocycles. The van der Waals surface area contributed by atoms with E-state index in [0.717, 1.165) is 6.42 Å². The number of aromatic hydroxyl groups is 1. The predicted molar refractivity (Wildman–Crippen MR) is 130 cm³/mol. The minimum absolute atomic E-state index is 0.122. The lowest BCUT2D eigenvalue weighted by molar-refractivity contribution is -0.161. The monoisotopic (exact) mass is 483 g/mol. The summed E-state index contributed by atoms with van der Waals surface area (Å²) in [5, 5.41) is 13.0. The molecule has 3 rings (SSSR count). The van der Waals surface area contributed by atoms with E-state index >= 15 is 0 Å². The highest BCUT2D eigenvalue weighted by atomic mass is 16.6. The molecular formula is C27H33NO7. The zero-order valence-electron chi connectivity index (χ0n) is 20.1. The largest absolute Gasteiger partial charge is 0.507 e. The van der Waals surface area contributed by atoms with Gasteiger partial charge in [-0.3, -0.25) is 9.59 Å². The van der Waals surface area contributed by atoms with Crippen molar-refractivity contribution in [3.8, 4) is 5.75 Å².